The van der Waals surface area contributed by atoms with Gasteiger partial charge < -0.3 is 15.8 Å². The Morgan fingerprint density at radius 3 is 2.81 bits per heavy atom. The highest BCUT2D eigenvalue weighted by Gasteiger charge is 2.33. The van der Waals surface area contributed by atoms with Gasteiger partial charge in [-0.25, -0.2) is 13.8 Å². The Hall–Kier alpha value is -2.82. The van der Waals surface area contributed by atoms with Crippen LogP contribution in [-0.2, 0) is 9.53 Å². The molecule has 2 amide bonds. The first kappa shape index (κ1) is 19.5. The summed E-state index contributed by atoms with van der Waals surface area (Å²) in [5, 5.41) is 1.97. The number of alkyl halides is 2. The standard InChI is InChI=1S/C15H18F3N5O3/c16-11-5-9(1-2-12(11)22(8-20)4-3-19)23-7-10(26-15(23)25)6-21-14(24)13(17)18/h1-2,5,8,10,13,20H,3-4,6-7,19H2,(H,21,24)/p+1/t10-/m0/s1. The number of cyclic esters (lactones) is 1. The molecule has 1 atom stereocenters. The predicted molar refractivity (Wildman–Crippen MR) is 87.1 cm³/mol. The van der Waals surface area contributed by atoms with Crippen molar-refractivity contribution in [2.24, 2.45) is 11.5 Å². The van der Waals surface area contributed by atoms with E-state index in [0.29, 0.717) is 6.54 Å². The van der Waals surface area contributed by atoms with E-state index in [2.05, 4.69) is 0 Å². The van der Waals surface area contributed by atoms with E-state index < -0.39 is 30.3 Å². The zero-order chi connectivity index (χ0) is 19.3. The minimum absolute atomic E-state index is 0.0172. The number of nitrogens with zero attached hydrogens (tertiary/aromatic N) is 2. The van der Waals surface area contributed by atoms with Gasteiger partial charge in [-0.15, -0.1) is 0 Å². The molecule has 11 heteroatoms. The Bertz CT molecular complexity index is 714. The van der Waals surface area contributed by atoms with Crippen molar-refractivity contribution in [1.82, 2.24) is 5.32 Å². The fourth-order valence-electron chi connectivity index (χ4n) is 2.44. The molecule has 1 aromatic carbocycles. The molecule has 26 heavy (non-hydrogen) atoms. The molecule has 1 heterocycles. The number of carbonyl (C=O) groups excluding carboxylic acids is 2. The lowest BCUT2D eigenvalue weighted by Gasteiger charge is -2.14. The minimum atomic E-state index is -3.15. The number of anilines is 1. The van der Waals surface area contributed by atoms with E-state index in [0.717, 1.165) is 11.0 Å². The van der Waals surface area contributed by atoms with Crippen LogP contribution in [0.25, 0.3) is 0 Å². The highest BCUT2D eigenvalue weighted by Crippen LogP contribution is 2.27. The number of nitrogens with one attached hydrogen (secondary N) is 1. The normalized spacial score (nSPS) is 17.6. The number of carbonyl (C=O) groups is 2. The highest BCUT2D eigenvalue weighted by atomic mass is 19.3. The van der Waals surface area contributed by atoms with E-state index >= 15 is 0 Å². The van der Waals surface area contributed by atoms with Crippen molar-refractivity contribution in [2.45, 2.75) is 12.5 Å². The number of nitrogens with two attached hydrogens (primary N) is 2. The summed E-state index contributed by atoms with van der Waals surface area (Å²) in [6, 6.07) is 4.05. The van der Waals surface area contributed by atoms with Crippen LogP contribution < -0.4 is 21.7 Å². The third kappa shape index (κ3) is 4.42. The van der Waals surface area contributed by atoms with Gasteiger partial charge in [0.2, 0.25) is 6.34 Å². The summed E-state index contributed by atoms with van der Waals surface area (Å²) in [7, 11) is 0. The zero-order valence-corrected chi connectivity index (χ0v) is 13.7. The van der Waals surface area contributed by atoms with E-state index in [9.17, 15) is 22.8 Å². The van der Waals surface area contributed by atoms with Crippen molar-refractivity contribution in [3.8, 4) is 0 Å². The molecule has 0 spiro atoms. The molecule has 1 aliphatic heterocycles. The van der Waals surface area contributed by atoms with Gasteiger partial charge in [0.05, 0.1) is 18.8 Å². The zero-order valence-electron chi connectivity index (χ0n) is 13.7. The van der Waals surface area contributed by atoms with Crippen LogP contribution in [0.2, 0.25) is 0 Å². The molecule has 0 unspecified atom stereocenters. The Labute approximate surface area is 147 Å². The molecule has 8 nitrogen and oxygen atoms in total. The van der Waals surface area contributed by atoms with E-state index in [4.69, 9.17) is 16.2 Å². The maximum absolute atomic E-state index is 14.4. The molecule has 0 bridgehead atoms. The van der Waals surface area contributed by atoms with Gasteiger partial charge in [-0.3, -0.25) is 15.4 Å². The van der Waals surface area contributed by atoms with Crippen molar-refractivity contribution in [3.63, 3.8) is 0 Å². The van der Waals surface area contributed by atoms with Gasteiger partial charge in [-0.1, -0.05) is 0 Å². The maximum Gasteiger partial charge on any atom is 0.414 e. The molecule has 0 saturated carbocycles. The molecule has 1 aromatic rings. The third-order valence-corrected chi connectivity index (χ3v) is 3.68. The fraction of sp³-hybridized carbons (Fsp3) is 0.400. The third-order valence-electron chi connectivity index (χ3n) is 3.68. The highest BCUT2D eigenvalue weighted by molar-refractivity contribution is 5.90. The molecule has 1 saturated heterocycles. The Balaban J connectivity index is 2.08. The van der Waals surface area contributed by atoms with Crippen LogP contribution in [0.15, 0.2) is 18.2 Å². The van der Waals surface area contributed by atoms with Crippen LogP contribution in [0, 0.1) is 5.82 Å². The molecule has 0 aliphatic carbocycles. The lowest BCUT2D eigenvalue weighted by molar-refractivity contribution is -0.435. The summed E-state index contributed by atoms with van der Waals surface area (Å²) in [5.74, 6) is -2.08. The number of hydrogen-bond acceptors (Lipinski definition) is 4. The SMILES string of the molecule is NC=[N+](CCN)c1ccc(N2C[C@H](CNC(=O)C(F)F)OC2=O)cc1F. The lowest BCUT2D eigenvalue weighted by Crippen LogP contribution is -2.37. The number of ether oxygens (including phenoxy) is 1. The van der Waals surface area contributed by atoms with E-state index in [-0.39, 0.29) is 31.0 Å². The summed E-state index contributed by atoms with van der Waals surface area (Å²) >= 11 is 0. The molecular formula is C15H19F3N5O3+. The second-order valence-corrected chi connectivity index (χ2v) is 5.43. The summed E-state index contributed by atoms with van der Waals surface area (Å²) in [6.07, 6.45) is -3.55. The van der Waals surface area contributed by atoms with Crippen LogP contribution in [-0.4, -0.2) is 61.6 Å². The fourth-order valence-corrected chi connectivity index (χ4v) is 2.44. The van der Waals surface area contributed by atoms with Gasteiger partial charge in [-0.2, -0.15) is 8.78 Å². The van der Waals surface area contributed by atoms with Gasteiger partial charge in [0.25, 0.3) is 5.91 Å². The first-order valence-corrected chi connectivity index (χ1v) is 7.72. The topological polar surface area (TPSA) is 114 Å². The van der Waals surface area contributed by atoms with Crippen molar-refractivity contribution >= 4 is 29.7 Å². The molecule has 142 valence electrons. The van der Waals surface area contributed by atoms with Crippen LogP contribution in [0.3, 0.4) is 0 Å². The molecule has 1 fully saturated rings. The van der Waals surface area contributed by atoms with Gasteiger partial charge >= 0.3 is 12.5 Å². The Morgan fingerprint density at radius 1 is 1.50 bits per heavy atom. The summed E-state index contributed by atoms with van der Waals surface area (Å²) in [4.78, 5) is 23.9. The summed E-state index contributed by atoms with van der Waals surface area (Å²) < 4.78 is 45.1. The van der Waals surface area contributed by atoms with Crippen LogP contribution in [0.5, 0.6) is 0 Å². The molecule has 2 rings (SSSR count). The second-order valence-electron chi connectivity index (χ2n) is 5.43. The van der Waals surface area contributed by atoms with Gasteiger partial charge in [0.15, 0.2) is 11.5 Å². The Kier molecular flexibility index (Phi) is 6.39. The summed E-state index contributed by atoms with van der Waals surface area (Å²) in [6.45, 7) is 0.291. The van der Waals surface area contributed by atoms with E-state index in [1.807, 2.05) is 5.32 Å². The minimum Gasteiger partial charge on any atom is -0.442 e. The van der Waals surface area contributed by atoms with Gasteiger partial charge in [0.1, 0.15) is 12.6 Å². The average Bonchev–Trinajstić information content (AvgIpc) is 2.98. The van der Waals surface area contributed by atoms with E-state index in [1.165, 1.54) is 23.0 Å². The Morgan fingerprint density at radius 2 is 2.23 bits per heavy atom. The lowest BCUT2D eigenvalue weighted by atomic mass is 10.2. The molecule has 0 radical (unpaired) electrons. The van der Waals surface area contributed by atoms with Crippen molar-refractivity contribution in [1.29, 1.82) is 0 Å². The summed E-state index contributed by atoms with van der Waals surface area (Å²) in [5.41, 5.74) is 11.3. The van der Waals surface area contributed by atoms with Crippen LogP contribution in [0.1, 0.15) is 0 Å². The number of amides is 2. The van der Waals surface area contributed by atoms with Crippen LogP contribution >= 0.6 is 0 Å². The second kappa shape index (κ2) is 8.52. The van der Waals surface area contributed by atoms with Gasteiger partial charge in [0, 0.05) is 12.6 Å². The molecular weight excluding hydrogens is 355 g/mol. The van der Waals surface area contributed by atoms with Gasteiger partial charge in [-0.05, 0) is 12.1 Å². The monoisotopic (exact) mass is 374 g/mol. The van der Waals surface area contributed by atoms with E-state index in [1.54, 1.807) is 0 Å². The quantitative estimate of drug-likeness (QED) is 0.356. The number of rotatable bonds is 7. The van der Waals surface area contributed by atoms with Crippen molar-refractivity contribution in [3.05, 3.63) is 24.0 Å². The number of halogens is 3. The predicted octanol–water partition coefficient (Wildman–Crippen LogP) is 0.122. The van der Waals surface area contributed by atoms with Crippen molar-refractivity contribution in [2.75, 3.05) is 31.1 Å². The first-order valence-electron chi connectivity index (χ1n) is 7.72. The maximum atomic E-state index is 14.4. The molecule has 0 aromatic heterocycles. The number of benzene rings is 1. The smallest absolute Gasteiger partial charge is 0.414 e. The van der Waals surface area contributed by atoms with Crippen LogP contribution in [0.4, 0.5) is 29.3 Å². The molecule has 1 aliphatic rings. The van der Waals surface area contributed by atoms with Crippen molar-refractivity contribution < 1.29 is 32.1 Å². The first-order chi connectivity index (χ1) is 12.4. The largest absolute Gasteiger partial charge is 0.442 e. The molecule has 5 N–H and O–H groups in total. The number of hydrogen-bond donors (Lipinski definition) is 3. The average molecular weight is 374 g/mol.